The van der Waals surface area contributed by atoms with E-state index in [0.29, 0.717) is 5.88 Å². The van der Waals surface area contributed by atoms with E-state index < -0.39 is 0 Å². The molecule has 15 heavy (non-hydrogen) atoms. The zero-order valence-corrected chi connectivity index (χ0v) is 9.88. The second-order valence-electron chi connectivity index (χ2n) is 3.76. The van der Waals surface area contributed by atoms with Gasteiger partial charge in [0.2, 0.25) is 0 Å². The van der Waals surface area contributed by atoms with E-state index in [9.17, 15) is 0 Å². The Hall–Kier alpha value is -1.02. The minimum absolute atomic E-state index is 0.480. The van der Waals surface area contributed by atoms with E-state index in [4.69, 9.17) is 11.6 Å². The van der Waals surface area contributed by atoms with Crippen molar-refractivity contribution >= 4 is 22.6 Å². The molecule has 0 unspecified atom stereocenters. The van der Waals surface area contributed by atoms with Crippen molar-refractivity contribution in [3.8, 4) is 0 Å². The quantitative estimate of drug-likeness (QED) is 0.727. The number of halogens is 1. The van der Waals surface area contributed by atoms with Crippen molar-refractivity contribution in [1.29, 1.82) is 0 Å². The van der Waals surface area contributed by atoms with Crippen LogP contribution in [0, 0.1) is 6.92 Å². The first-order valence-electron chi connectivity index (χ1n) is 5.28. The highest BCUT2D eigenvalue weighted by atomic mass is 35.5. The molecule has 0 aliphatic heterocycles. The summed E-state index contributed by atoms with van der Waals surface area (Å²) in [5.41, 5.74) is 3.50. The zero-order chi connectivity index (χ0) is 10.8. The van der Waals surface area contributed by atoms with Gasteiger partial charge in [-0.15, -0.1) is 11.6 Å². The molecule has 0 aliphatic carbocycles. The molecular weight excluding hydrogens is 208 g/mol. The van der Waals surface area contributed by atoms with Gasteiger partial charge in [-0.05, 0) is 25.0 Å². The molecule has 1 aromatic heterocycles. The average Bonchev–Trinajstić information content (AvgIpc) is 2.59. The number of hydrogen-bond donors (Lipinski definition) is 0. The molecule has 2 rings (SSSR count). The number of aryl methyl sites for hydroxylation is 2. The fourth-order valence-electron chi connectivity index (χ4n) is 1.91. The highest BCUT2D eigenvalue weighted by molar-refractivity contribution is 6.16. The third-order valence-corrected chi connectivity index (χ3v) is 2.87. The lowest BCUT2D eigenvalue weighted by molar-refractivity contribution is 0.672. The molecule has 0 fully saturated rings. The van der Waals surface area contributed by atoms with Crippen molar-refractivity contribution < 1.29 is 0 Å². The van der Waals surface area contributed by atoms with E-state index in [2.05, 4.69) is 41.6 Å². The third kappa shape index (κ3) is 1.74. The number of hydrogen-bond acceptors (Lipinski definition) is 1. The van der Waals surface area contributed by atoms with Gasteiger partial charge in [0.05, 0.1) is 16.9 Å². The van der Waals surface area contributed by atoms with Crippen molar-refractivity contribution in [3.05, 3.63) is 29.6 Å². The number of nitrogens with zero attached hydrogens (tertiary/aromatic N) is 2. The van der Waals surface area contributed by atoms with E-state index >= 15 is 0 Å². The summed E-state index contributed by atoms with van der Waals surface area (Å²) in [5, 5.41) is 0. The highest BCUT2D eigenvalue weighted by Crippen LogP contribution is 2.20. The van der Waals surface area contributed by atoms with Crippen LogP contribution in [-0.2, 0) is 12.4 Å². The number of rotatable bonds is 3. The smallest absolute Gasteiger partial charge is 0.124 e. The lowest BCUT2D eigenvalue weighted by atomic mass is 10.2. The number of benzene rings is 1. The van der Waals surface area contributed by atoms with Gasteiger partial charge in [-0.25, -0.2) is 4.98 Å². The minimum Gasteiger partial charge on any atom is -0.327 e. The summed E-state index contributed by atoms with van der Waals surface area (Å²) in [4.78, 5) is 4.58. The van der Waals surface area contributed by atoms with Gasteiger partial charge >= 0.3 is 0 Å². The number of imidazole rings is 1. The summed E-state index contributed by atoms with van der Waals surface area (Å²) in [6, 6.07) is 6.27. The molecule has 0 atom stereocenters. The molecule has 1 heterocycles. The fourth-order valence-corrected chi connectivity index (χ4v) is 2.11. The van der Waals surface area contributed by atoms with Crippen LogP contribution in [0.5, 0.6) is 0 Å². The monoisotopic (exact) mass is 222 g/mol. The number of para-hydroxylation sites is 1. The van der Waals surface area contributed by atoms with Crippen molar-refractivity contribution in [3.63, 3.8) is 0 Å². The summed E-state index contributed by atoms with van der Waals surface area (Å²) in [6.07, 6.45) is 1.10. The maximum Gasteiger partial charge on any atom is 0.124 e. The first-order chi connectivity index (χ1) is 7.27. The Labute approximate surface area is 94.9 Å². The van der Waals surface area contributed by atoms with Gasteiger partial charge in [0.25, 0.3) is 0 Å². The van der Waals surface area contributed by atoms with E-state index in [-0.39, 0.29) is 0 Å². The zero-order valence-electron chi connectivity index (χ0n) is 9.13. The van der Waals surface area contributed by atoms with Gasteiger partial charge in [-0.3, -0.25) is 0 Å². The van der Waals surface area contributed by atoms with E-state index in [1.54, 1.807) is 0 Å². The Morgan fingerprint density at radius 3 is 2.87 bits per heavy atom. The molecule has 0 saturated carbocycles. The predicted molar refractivity (Wildman–Crippen MR) is 64.3 cm³/mol. The minimum atomic E-state index is 0.480. The lowest BCUT2D eigenvalue weighted by Gasteiger charge is -2.04. The number of fused-ring (bicyclic) bond motifs is 1. The van der Waals surface area contributed by atoms with Gasteiger partial charge in [-0.2, -0.15) is 0 Å². The van der Waals surface area contributed by atoms with Gasteiger partial charge in [-0.1, -0.05) is 19.1 Å². The van der Waals surface area contributed by atoms with E-state index in [1.165, 1.54) is 11.1 Å². The molecule has 0 spiro atoms. The normalized spacial score (nSPS) is 11.1. The summed E-state index contributed by atoms with van der Waals surface area (Å²) in [7, 11) is 0. The van der Waals surface area contributed by atoms with Gasteiger partial charge in [0, 0.05) is 6.54 Å². The summed E-state index contributed by atoms with van der Waals surface area (Å²) < 4.78 is 2.22. The molecule has 2 aromatic rings. The Morgan fingerprint density at radius 2 is 2.20 bits per heavy atom. The lowest BCUT2D eigenvalue weighted by Crippen LogP contribution is -2.01. The molecule has 80 valence electrons. The SMILES string of the molecule is CCCn1c(CCl)nc2c(C)cccc21. The average molecular weight is 223 g/mol. The molecule has 3 heteroatoms. The number of alkyl halides is 1. The van der Waals surface area contributed by atoms with Crippen LogP contribution < -0.4 is 0 Å². The van der Waals surface area contributed by atoms with Crippen molar-refractivity contribution in [2.45, 2.75) is 32.7 Å². The fraction of sp³-hybridized carbons (Fsp3) is 0.417. The Kier molecular flexibility index (Phi) is 2.96. The molecule has 0 bridgehead atoms. The molecule has 0 radical (unpaired) electrons. The largest absolute Gasteiger partial charge is 0.327 e. The maximum absolute atomic E-state index is 5.91. The number of aromatic nitrogens is 2. The summed E-state index contributed by atoms with van der Waals surface area (Å²) in [6.45, 7) is 5.24. The molecule has 0 amide bonds. The van der Waals surface area contributed by atoms with Gasteiger partial charge in [0.1, 0.15) is 5.82 Å². The first kappa shape index (κ1) is 10.5. The van der Waals surface area contributed by atoms with Crippen molar-refractivity contribution in [2.24, 2.45) is 0 Å². The predicted octanol–water partition coefficient (Wildman–Crippen LogP) is 3.49. The topological polar surface area (TPSA) is 17.8 Å². The molecule has 1 aromatic carbocycles. The van der Waals surface area contributed by atoms with Crippen LogP contribution >= 0.6 is 11.6 Å². The van der Waals surface area contributed by atoms with E-state index in [1.807, 2.05) is 0 Å². The van der Waals surface area contributed by atoms with Crippen LogP contribution in [0.4, 0.5) is 0 Å². The van der Waals surface area contributed by atoms with Crippen molar-refractivity contribution in [2.75, 3.05) is 0 Å². The molecule has 0 aliphatic rings. The second kappa shape index (κ2) is 4.23. The van der Waals surface area contributed by atoms with Crippen LogP contribution in [0.2, 0.25) is 0 Å². The molecule has 0 saturated heterocycles. The van der Waals surface area contributed by atoms with Crippen molar-refractivity contribution in [1.82, 2.24) is 9.55 Å². The van der Waals surface area contributed by atoms with Crippen LogP contribution in [0.25, 0.3) is 11.0 Å². The van der Waals surface area contributed by atoms with E-state index in [0.717, 1.165) is 24.3 Å². The Balaban J connectivity index is 2.68. The second-order valence-corrected chi connectivity index (χ2v) is 4.02. The molecular formula is C12H15ClN2. The van der Waals surface area contributed by atoms with Crippen LogP contribution in [0.3, 0.4) is 0 Å². The molecule has 2 nitrogen and oxygen atoms in total. The first-order valence-corrected chi connectivity index (χ1v) is 5.82. The van der Waals surface area contributed by atoms with Gasteiger partial charge in [0.15, 0.2) is 0 Å². The standard InChI is InChI=1S/C12H15ClN2/c1-3-7-15-10-6-4-5-9(2)12(10)14-11(15)8-13/h4-6H,3,7-8H2,1-2H3. The maximum atomic E-state index is 5.91. The third-order valence-electron chi connectivity index (χ3n) is 2.63. The van der Waals surface area contributed by atoms with Crippen LogP contribution in [0.15, 0.2) is 18.2 Å². The Morgan fingerprint density at radius 1 is 1.40 bits per heavy atom. The highest BCUT2D eigenvalue weighted by Gasteiger charge is 2.09. The summed E-state index contributed by atoms with van der Waals surface area (Å²) in [5.74, 6) is 1.46. The van der Waals surface area contributed by atoms with Gasteiger partial charge < -0.3 is 4.57 Å². The van der Waals surface area contributed by atoms with Crippen LogP contribution in [0.1, 0.15) is 24.7 Å². The molecule has 0 N–H and O–H groups in total. The van der Waals surface area contributed by atoms with Crippen LogP contribution in [-0.4, -0.2) is 9.55 Å². The Bertz CT molecular complexity index is 474. The summed E-state index contributed by atoms with van der Waals surface area (Å²) >= 11 is 5.91.